The molecule has 1 saturated heterocycles. The Labute approximate surface area is 112 Å². The molecule has 2 N–H and O–H groups in total. The molecule has 1 aliphatic heterocycles. The molecule has 1 heterocycles. The van der Waals surface area contributed by atoms with E-state index in [2.05, 4.69) is 15.5 Å². The summed E-state index contributed by atoms with van der Waals surface area (Å²) >= 11 is 0. The summed E-state index contributed by atoms with van der Waals surface area (Å²) in [6.45, 7) is 2.00. The second-order valence-corrected chi connectivity index (χ2v) is 5.32. The molecule has 19 heavy (non-hydrogen) atoms. The first-order valence-electron chi connectivity index (χ1n) is 6.78. The Hall–Kier alpha value is -1.62. The first-order valence-corrected chi connectivity index (χ1v) is 6.78. The molecule has 4 nitrogen and oxygen atoms in total. The Kier molecular flexibility index (Phi) is 3.38. The fraction of sp³-hybridized carbons (Fsp3) is 0.500. The van der Waals surface area contributed by atoms with Gasteiger partial charge in [0.2, 0.25) is 0 Å². The highest BCUT2D eigenvalue weighted by molar-refractivity contribution is 5.89. The molecule has 1 aromatic carbocycles. The average Bonchev–Trinajstić information content (AvgIpc) is 3.11. The molecule has 1 saturated carbocycles. The normalized spacial score (nSPS) is 23.3. The van der Waals surface area contributed by atoms with Gasteiger partial charge in [-0.15, -0.1) is 0 Å². The van der Waals surface area contributed by atoms with Crippen molar-refractivity contribution in [2.75, 3.05) is 18.4 Å². The predicted molar refractivity (Wildman–Crippen MR) is 71.6 cm³/mol. The monoisotopic (exact) mass is 263 g/mol. The number of hydrogen-bond donors (Lipinski definition) is 2. The number of amides is 2. The number of anilines is 1. The molecule has 5 heteroatoms. The van der Waals surface area contributed by atoms with Gasteiger partial charge in [-0.25, -0.2) is 9.18 Å². The van der Waals surface area contributed by atoms with Crippen molar-refractivity contribution in [3.63, 3.8) is 0 Å². The van der Waals surface area contributed by atoms with Gasteiger partial charge in [-0.05, 0) is 37.5 Å². The van der Waals surface area contributed by atoms with Crippen molar-refractivity contribution >= 4 is 11.7 Å². The second-order valence-electron chi connectivity index (χ2n) is 5.32. The zero-order chi connectivity index (χ0) is 13.2. The van der Waals surface area contributed by atoms with E-state index in [0.29, 0.717) is 5.69 Å². The van der Waals surface area contributed by atoms with Gasteiger partial charge >= 0.3 is 6.03 Å². The van der Waals surface area contributed by atoms with Gasteiger partial charge in [0.25, 0.3) is 0 Å². The number of halogens is 1. The minimum absolute atomic E-state index is 0.203. The number of carbonyl (C=O) groups excluding carboxylic acids is 1. The Bertz CT molecular complexity index is 476. The van der Waals surface area contributed by atoms with Gasteiger partial charge in [0.1, 0.15) is 5.82 Å². The van der Waals surface area contributed by atoms with E-state index in [9.17, 15) is 9.18 Å². The van der Waals surface area contributed by atoms with Gasteiger partial charge in [-0.2, -0.15) is 0 Å². The van der Waals surface area contributed by atoms with E-state index in [0.717, 1.165) is 25.6 Å². The lowest BCUT2D eigenvalue weighted by Crippen LogP contribution is -2.40. The van der Waals surface area contributed by atoms with Crippen LogP contribution in [0.1, 0.15) is 19.3 Å². The van der Waals surface area contributed by atoms with Crippen LogP contribution in [0.3, 0.4) is 0 Å². The molecular formula is C14H18FN3O. The Morgan fingerprint density at radius 3 is 2.89 bits per heavy atom. The van der Waals surface area contributed by atoms with E-state index in [1.165, 1.54) is 25.0 Å². The second kappa shape index (κ2) is 5.17. The van der Waals surface area contributed by atoms with Crippen LogP contribution < -0.4 is 10.6 Å². The summed E-state index contributed by atoms with van der Waals surface area (Å²) in [6, 6.07) is 6.61. The highest BCUT2D eigenvalue weighted by atomic mass is 19.1. The lowest BCUT2D eigenvalue weighted by atomic mass is 10.3. The molecule has 0 spiro atoms. The lowest BCUT2D eigenvalue weighted by Gasteiger charge is -2.16. The number of carbonyl (C=O) groups is 1. The molecule has 0 bridgehead atoms. The summed E-state index contributed by atoms with van der Waals surface area (Å²) in [4.78, 5) is 14.2. The van der Waals surface area contributed by atoms with Gasteiger partial charge in [0.15, 0.2) is 0 Å². The van der Waals surface area contributed by atoms with Crippen molar-refractivity contribution in [3.05, 3.63) is 30.1 Å². The minimum Gasteiger partial charge on any atom is -0.334 e. The molecule has 1 aliphatic carbocycles. The SMILES string of the molecule is O=C(Nc1cccc(F)c1)NC1CCN(C2CC2)C1. The zero-order valence-electron chi connectivity index (χ0n) is 10.7. The first kappa shape index (κ1) is 12.4. The molecule has 102 valence electrons. The number of rotatable bonds is 3. The van der Waals surface area contributed by atoms with Crippen molar-refractivity contribution in [2.24, 2.45) is 0 Å². The molecule has 1 aromatic rings. The van der Waals surface area contributed by atoms with Crippen LogP contribution in [-0.4, -0.2) is 36.1 Å². The molecule has 0 radical (unpaired) electrons. The zero-order valence-corrected chi connectivity index (χ0v) is 10.7. The number of nitrogens with zero attached hydrogens (tertiary/aromatic N) is 1. The minimum atomic E-state index is -0.349. The maximum absolute atomic E-state index is 13.0. The van der Waals surface area contributed by atoms with Crippen LogP contribution >= 0.6 is 0 Å². The summed E-state index contributed by atoms with van der Waals surface area (Å²) in [5.41, 5.74) is 0.481. The third-order valence-corrected chi connectivity index (χ3v) is 3.70. The average molecular weight is 263 g/mol. The van der Waals surface area contributed by atoms with Crippen LogP contribution in [-0.2, 0) is 0 Å². The molecular weight excluding hydrogens is 245 g/mol. The summed E-state index contributed by atoms with van der Waals surface area (Å²) < 4.78 is 13.0. The molecule has 0 aromatic heterocycles. The third-order valence-electron chi connectivity index (χ3n) is 3.70. The summed E-state index contributed by atoms with van der Waals surface area (Å²) in [5.74, 6) is -0.349. The van der Waals surface area contributed by atoms with E-state index in [4.69, 9.17) is 0 Å². The topological polar surface area (TPSA) is 44.4 Å². The van der Waals surface area contributed by atoms with Crippen molar-refractivity contribution in [1.29, 1.82) is 0 Å². The Morgan fingerprint density at radius 2 is 2.16 bits per heavy atom. The largest absolute Gasteiger partial charge is 0.334 e. The highest BCUT2D eigenvalue weighted by Gasteiger charge is 2.34. The summed E-state index contributed by atoms with van der Waals surface area (Å²) in [7, 11) is 0. The van der Waals surface area contributed by atoms with Crippen LogP contribution in [0.15, 0.2) is 24.3 Å². The number of nitrogens with one attached hydrogen (secondary N) is 2. The van der Waals surface area contributed by atoms with Gasteiger partial charge < -0.3 is 10.6 Å². The lowest BCUT2D eigenvalue weighted by molar-refractivity contribution is 0.247. The van der Waals surface area contributed by atoms with Crippen LogP contribution in [0.5, 0.6) is 0 Å². The fourth-order valence-electron chi connectivity index (χ4n) is 2.60. The third kappa shape index (κ3) is 3.23. The number of benzene rings is 1. The van der Waals surface area contributed by atoms with Gasteiger partial charge in [-0.1, -0.05) is 6.07 Å². The van der Waals surface area contributed by atoms with Crippen molar-refractivity contribution < 1.29 is 9.18 Å². The molecule has 2 amide bonds. The summed E-state index contributed by atoms with van der Waals surface area (Å²) in [6.07, 6.45) is 3.58. The predicted octanol–water partition coefficient (Wildman–Crippen LogP) is 2.18. The van der Waals surface area contributed by atoms with Gasteiger partial charge in [-0.3, -0.25) is 4.90 Å². The standard InChI is InChI=1S/C14H18FN3O/c15-10-2-1-3-11(8-10)16-14(19)17-12-6-7-18(9-12)13-4-5-13/h1-3,8,12-13H,4-7,9H2,(H2,16,17,19). The quantitative estimate of drug-likeness (QED) is 0.878. The van der Waals surface area contributed by atoms with Crippen LogP contribution in [0, 0.1) is 5.82 Å². The van der Waals surface area contributed by atoms with Crippen LogP contribution in [0.2, 0.25) is 0 Å². The van der Waals surface area contributed by atoms with Crippen molar-refractivity contribution in [3.8, 4) is 0 Å². The molecule has 1 unspecified atom stereocenters. The van der Waals surface area contributed by atoms with Crippen molar-refractivity contribution in [2.45, 2.75) is 31.3 Å². The number of urea groups is 1. The van der Waals surface area contributed by atoms with E-state index in [-0.39, 0.29) is 17.9 Å². The fourth-order valence-corrected chi connectivity index (χ4v) is 2.60. The number of hydrogen-bond acceptors (Lipinski definition) is 2. The molecule has 2 aliphatic rings. The molecule has 3 rings (SSSR count). The molecule has 1 atom stereocenters. The smallest absolute Gasteiger partial charge is 0.319 e. The molecule has 2 fully saturated rings. The first-order chi connectivity index (χ1) is 9.20. The summed E-state index contributed by atoms with van der Waals surface area (Å²) in [5, 5.41) is 5.61. The maximum atomic E-state index is 13.0. The maximum Gasteiger partial charge on any atom is 0.319 e. The van der Waals surface area contributed by atoms with E-state index < -0.39 is 0 Å². The Morgan fingerprint density at radius 1 is 1.32 bits per heavy atom. The van der Waals surface area contributed by atoms with Crippen LogP contribution in [0.4, 0.5) is 14.9 Å². The van der Waals surface area contributed by atoms with Gasteiger partial charge in [0, 0.05) is 30.9 Å². The van der Waals surface area contributed by atoms with Crippen molar-refractivity contribution in [1.82, 2.24) is 10.2 Å². The highest BCUT2D eigenvalue weighted by Crippen LogP contribution is 2.29. The van der Waals surface area contributed by atoms with Crippen LogP contribution in [0.25, 0.3) is 0 Å². The van der Waals surface area contributed by atoms with E-state index >= 15 is 0 Å². The van der Waals surface area contributed by atoms with E-state index in [1.807, 2.05) is 0 Å². The Balaban J connectivity index is 1.48. The van der Waals surface area contributed by atoms with Gasteiger partial charge in [0.05, 0.1) is 0 Å². The number of likely N-dealkylation sites (tertiary alicyclic amines) is 1. The van der Waals surface area contributed by atoms with E-state index in [1.54, 1.807) is 12.1 Å².